The van der Waals surface area contributed by atoms with Crippen LogP contribution in [0, 0.1) is 0 Å². The zero-order valence-corrected chi connectivity index (χ0v) is 8.00. The minimum Gasteiger partial charge on any atom is -0.458 e. The fraction of sp³-hybridized carbons (Fsp3) is 0.875. The van der Waals surface area contributed by atoms with E-state index in [-0.39, 0.29) is 0 Å². The molecule has 0 spiro atoms. The monoisotopic (exact) mass is 175 g/mol. The number of hydrogen-bond acceptors (Lipinski definition) is 4. The smallest absolute Gasteiger partial charge is 0.337 e. The van der Waals surface area contributed by atoms with Gasteiger partial charge in [-0.15, -0.1) is 0 Å². The zero-order valence-electron chi connectivity index (χ0n) is 8.00. The number of carbonyl (C=O) groups is 1. The van der Waals surface area contributed by atoms with Crippen molar-refractivity contribution in [3.05, 3.63) is 0 Å². The highest BCUT2D eigenvalue weighted by molar-refractivity contribution is 5.75. The van der Waals surface area contributed by atoms with E-state index in [1.807, 2.05) is 0 Å². The second-order valence-corrected chi connectivity index (χ2v) is 3.84. The summed E-state index contributed by atoms with van der Waals surface area (Å²) in [6, 6.07) is -0.597. The lowest BCUT2D eigenvalue weighted by atomic mass is 10.1. The highest BCUT2D eigenvalue weighted by atomic mass is 16.6. The average Bonchev–Trinajstić information content (AvgIpc) is 1.82. The highest BCUT2D eigenvalue weighted by Crippen LogP contribution is 2.08. The van der Waals surface area contributed by atoms with Crippen LogP contribution in [-0.4, -0.2) is 28.8 Å². The molecule has 0 aromatic rings. The SMILES string of the molecule is CC(N)C(O)C(=O)OC(C)(C)C. The summed E-state index contributed by atoms with van der Waals surface area (Å²) >= 11 is 0. The minimum absolute atomic E-state index is 0.576. The molecular formula is C8H17NO3. The second kappa shape index (κ2) is 3.87. The van der Waals surface area contributed by atoms with Crippen LogP contribution in [0.15, 0.2) is 0 Å². The molecule has 0 aromatic heterocycles. The van der Waals surface area contributed by atoms with Crippen molar-refractivity contribution in [2.24, 2.45) is 5.73 Å². The summed E-state index contributed by atoms with van der Waals surface area (Å²) in [5, 5.41) is 9.16. The Labute approximate surface area is 72.7 Å². The Hall–Kier alpha value is -0.610. The van der Waals surface area contributed by atoms with E-state index in [1.165, 1.54) is 0 Å². The first kappa shape index (κ1) is 11.4. The summed E-state index contributed by atoms with van der Waals surface area (Å²) in [4.78, 5) is 11.0. The van der Waals surface area contributed by atoms with Crippen LogP contribution in [0.2, 0.25) is 0 Å². The zero-order chi connectivity index (χ0) is 9.94. The van der Waals surface area contributed by atoms with Gasteiger partial charge in [0.15, 0.2) is 6.10 Å². The number of aliphatic hydroxyl groups excluding tert-OH is 1. The van der Waals surface area contributed by atoms with E-state index in [0.717, 1.165) is 0 Å². The maximum absolute atomic E-state index is 11.0. The van der Waals surface area contributed by atoms with E-state index < -0.39 is 23.7 Å². The highest BCUT2D eigenvalue weighted by Gasteiger charge is 2.25. The quantitative estimate of drug-likeness (QED) is 0.581. The van der Waals surface area contributed by atoms with E-state index >= 15 is 0 Å². The molecule has 0 aliphatic rings. The summed E-state index contributed by atoms with van der Waals surface area (Å²) in [6.07, 6.45) is -1.23. The molecule has 72 valence electrons. The van der Waals surface area contributed by atoms with Gasteiger partial charge in [-0.2, -0.15) is 0 Å². The van der Waals surface area contributed by atoms with E-state index in [1.54, 1.807) is 27.7 Å². The van der Waals surface area contributed by atoms with Crippen LogP contribution < -0.4 is 5.73 Å². The van der Waals surface area contributed by atoms with E-state index in [0.29, 0.717) is 0 Å². The van der Waals surface area contributed by atoms with Gasteiger partial charge in [0.05, 0.1) is 0 Å². The van der Waals surface area contributed by atoms with Crippen LogP contribution in [0.25, 0.3) is 0 Å². The summed E-state index contributed by atoms with van der Waals surface area (Å²) in [7, 11) is 0. The lowest BCUT2D eigenvalue weighted by Crippen LogP contribution is -2.42. The van der Waals surface area contributed by atoms with Gasteiger partial charge in [-0.3, -0.25) is 0 Å². The van der Waals surface area contributed by atoms with Gasteiger partial charge in [0.25, 0.3) is 0 Å². The number of aliphatic hydroxyl groups is 1. The lowest BCUT2D eigenvalue weighted by Gasteiger charge is -2.22. The minimum atomic E-state index is -1.23. The number of esters is 1. The standard InChI is InChI=1S/C8H17NO3/c1-5(9)6(10)7(11)12-8(2,3)4/h5-6,10H,9H2,1-4H3. The molecule has 0 bridgehead atoms. The van der Waals surface area contributed by atoms with Gasteiger partial charge in [-0.25, -0.2) is 4.79 Å². The average molecular weight is 175 g/mol. The van der Waals surface area contributed by atoms with Crippen molar-refractivity contribution in [2.75, 3.05) is 0 Å². The Morgan fingerprint density at radius 3 is 2.17 bits per heavy atom. The third-order valence-electron chi connectivity index (χ3n) is 1.15. The van der Waals surface area contributed by atoms with Crippen LogP contribution in [0.5, 0.6) is 0 Å². The van der Waals surface area contributed by atoms with Crippen LogP contribution in [0.1, 0.15) is 27.7 Å². The van der Waals surface area contributed by atoms with Crippen molar-refractivity contribution in [1.29, 1.82) is 0 Å². The Kier molecular flexibility index (Phi) is 3.67. The molecule has 0 rings (SSSR count). The van der Waals surface area contributed by atoms with Crippen molar-refractivity contribution < 1.29 is 14.6 Å². The van der Waals surface area contributed by atoms with E-state index in [4.69, 9.17) is 15.6 Å². The van der Waals surface area contributed by atoms with Crippen LogP contribution in [0.4, 0.5) is 0 Å². The molecular weight excluding hydrogens is 158 g/mol. The molecule has 2 unspecified atom stereocenters. The van der Waals surface area contributed by atoms with Gasteiger partial charge in [0.2, 0.25) is 0 Å². The summed E-state index contributed by atoms with van der Waals surface area (Å²) in [6.45, 7) is 6.75. The molecule has 0 amide bonds. The van der Waals surface area contributed by atoms with Crippen molar-refractivity contribution in [3.8, 4) is 0 Å². The van der Waals surface area contributed by atoms with Gasteiger partial charge in [-0.1, -0.05) is 0 Å². The Balaban J connectivity index is 4.05. The fourth-order valence-electron chi connectivity index (χ4n) is 0.577. The normalized spacial score (nSPS) is 16.8. The number of carbonyl (C=O) groups excluding carboxylic acids is 1. The first-order valence-corrected chi connectivity index (χ1v) is 3.90. The first-order chi connectivity index (χ1) is 5.24. The topological polar surface area (TPSA) is 72.5 Å². The first-order valence-electron chi connectivity index (χ1n) is 3.90. The van der Waals surface area contributed by atoms with Gasteiger partial charge in [0, 0.05) is 6.04 Å². The third-order valence-corrected chi connectivity index (χ3v) is 1.15. The van der Waals surface area contributed by atoms with E-state index in [9.17, 15) is 4.79 Å². The summed E-state index contributed by atoms with van der Waals surface area (Å²) < 4.78 is 4.89. The Bertz CT molecular complexity index is 160. The molecule has 0 radical (unpaired) electrons. The summed E-state index contributed by atoms with van der Waals surface area (Å²) in [5.41, 5.74) is 4.73. The molecule has 4 heteroatoms. The Morgan fingerprint density at radius 2 is 1.92 bits per heavy atom. The fourth-order valence-corrected chi connectivity index (χ4v) is 0.577. The van der Waals surface area contributed by atoms with Gasteiger partial charge < -0.3 is 15.6 Å². The molecule has 0 heterocycles. The number of hydrogen-bond donors (Lipinski definition) is 2. The lowest BCUT2D eigenvalue weighted by molar-refractivity contribution is -0.165. The predicted molar refractivity (Wildman–Crippen MR) is 45.5 cm³/mol. The molecule has 0 aromatic carbocycles. The van der Waals surface area contributed by atoms with Crippen molar-refractivity contribution >= 4 is 5.97 Å². The number of rotatable bonds is 2. The molecule has 12 heavy (non-hydrogen) atoms. The number of ether oxygens (including phenoxy) is 1. The number of nitrogens with two attached hydrogens (primary N) is 1. The molecule has 3 N–H and O–H groups in total. The van der Waals surface area contributed by atoms with Crippen LogP contribution >= 0.6 is 0 Å². The summed E-state index contributed by atoms with van der Waals surface area (Å²) in [5.74, 6) is -0.669. The molecule has 0 aliphatic carbocycles. The molecule has 0 saturated carbocycles. The third kappa shape index (κ3) is 4.31. The van der Waals surface area contributed by atoms with E-state index in [2.05, 4.69) is 0 Å². The van der Waals surface area contributed by atoms with Gasteiger partial charge in [-0.05, 0) is 27.7 Å². The molecule has 0 saturated heterocycles. The van der Waals surface area contributed by atoms with Crippen LogP contribution in [-0.2, 0) is 9.53 Å². The Morgan fingerprint density at radius 1 is 1.50 bits per heavy atom. The molecule has 0 aliphatic heterocycles. The molecule has 2 atom stereocenters. The maximum atomic E-state index is 11.0. The maximum Gasteiger partial charge on any atom is 0.337 e. The molecule has 0 fully saturated rings. The van der Waals surface area contributed by atoms with Crippen molar-refractivity contribution in [2.45, 2.75) is 45.4 Å². The van der Waals surface area contributed by atoms with Crippen molar-refractivity contribution in [1.82, 2.24) is 0 Å². The van der Waals surface area contributed by atoms with Gasteiger partial charge in [0.1, 0.15) is 5.60 Å². The van der Waals surface area contributed by atoms with Gasteiger partial charge >= 0.3 is 5.97 Å². The molecule has 4 nitrogen and oxygen atoms in total. The van der Waals surface area contributed by atoms with Crippen molar-refractivity contribution in [3.63, 3.8) is 0 Å². The largest absolute Gasteiger partial charge is 0.458 e. The van der Waals surface area contributed by atoms with Crippen LogP contribution in [0.3, 0.4) is 0 Å². The predicted octanol–water partition coefficient (Wildman–Crippen LogP) is 0.0362. The second-order valence-electron chi connectivity index (χ2n) is 3.84.